The van der Waals surface area contributed by atoms with Gasteiger partial charge in [0.15, 0.2) is 8.32 Å². The molecule has 0 spiro atoms. The molecule has 14 nitrogen and oxygen atoms in total. The zero-order chi connectivity index (χ0) is 30.8. The van der Waals surface area contributed by atoms with Gasteiger partial charge in [0.1, 0.15) is 12.1 Å². The number of nitro groups is 1. The van der Waals surface area contributed by atoms with E-state index in [9.17, 15) is 29.3 Å². The van der Waals surface area contributed by atoms with Gasteiger partial charge in [-0.15, -0.1) is 0 Å². The third kappa shape index (κ3) is 10.8. The molecule has 224 valence electrons. The molecule has 5 amide bonds. The first kappa shape index (κ1) is 34.3. The van der Waals surface area contributed by atoms with Crippen LogP contribution in [-0.4, -0.2) is 60.9 Å². The third-order valence-corrected chi connectivity index (χ3v) is 11.3. The summed E-state index contributed by atoms with van der Waals surface area (Å²) in [5.74, 6) is -1.81. The maximum Gasteiger partial charge on any atom is 0.405 e. The van der Waals surface area contributed by atoms with Crippen LogP contribution in [0.15, 0.2) is 18.2 Å². The van der Waals surface area contributed by atoms with E-state index in [1.807, 2.05) is 13.1 Å². The molecule has 0 aromatic heterocycles. The Balaban J connectivity index is 3.15. The molecule has 0 radical (unpaired) electrons. The number of carbonyl (C=O) groups excluding carboxylic acids is 3. The van der Waals surface area contributed by atoms with Crippen LogP contribution in [0.4, 0.5) is 21.0 Å². The molecule has 0 fully saturated rings. The zero-order valence-electron chi connectivity index (χ0n) is 24.1. The first-order chi connectivity index (χ1) is 18.4. The minimum atomic E-state index is -2.18. The molecule has 0 saturated heterocycles. The number of anilines is 1. The molecule has 1 aromatic rings. The summed E-state index contributed by atoms with van der Waals surface area (Å²) in [5.41, 5.74) is 5.32. The lowest BCUT2D eigenvalue weighted by molar-refractivity contribution is -0.385. The number of carbonyl (C=O) groups is 4. The molecule has 15 heteroatoms. The summed E-state index contributed by atoms with van der Waals surface area (Å²) in [4.78, 5) is 59.3. The van der Waals surface area contributed by atoms with Gasteiger partial charge in [-0.2, -0.15) is 0 Å². The van der Waals surface area contributed by atoms with Crippen LogP contribution in [0, 0.1) is 16.0 Å². The van der Waals surface area contributed by atoms with E-state index in [0.29, 0.717) is 5.56 Å². The van der Waals surface area contributed by atoms with Crippen LogP contribution in [0.5, 0.6) is 0 Å². The summed E-state index contributed by atoms with van der Waals surface area (Å²) in [5, 5.41) is 30.4. The first-order valence-corrected chi connectivity index (χ1v) is 15.8. The number of amides is 5. The van der Waals surface area contributed by atoms with Gasteiger partial charge in [0.2, 0.25) is 11.8 Å². The quantitative estimate of drug-likeness (QED) is 0.0826. The Hall–Kier alpha value is -3.72. The lowest BCUT2D eigenvalue weighted by Gasteiger charge is -2.36. The van der Waals surface area contributed by atoms with E-state index in [0.717, 1.165) is 0 Å². The third-order valence-electron chi connectivity index (χ3n) is 6.77. The Kier molecular flexibility index (Phi) is 12.5. The molecule has 0 bridgehead atoms. The van der Waals surface area contributed by atoms with Crippen molar-refractivity contribution in [1.82, 2.24) is 16.0 Å². The molecule has 40 heavy (non-hydrogen) atoms. The van der Waals surface area contributed by atoms with Crippen LogP contribution < -0.4 is 27.0 Å². The van der Waals surface area contributed by atoms with E-state index in [1.165, 1.54) is 18.2 Å². The van der Waals surface area contributed by atoms with E-state index in [1.54, 1.807) is 13.8 Å². The molecule has 0 aliphatic rings. The Bertz CT molecular complexity index is 1090. The van der Waals surface area contributed by atoms with Crippen molar-refractivity contribution in [3.63, 3.8) is 0 Å². The molecular weight excluding hydrogens is 540 g/mol. The van der Waals surface area contributed by atoms with Crippen molar-refractivity contribution in [3.05, 3.63) is 33.9 Å². The molecule has 7 N–H and O–H groups in total. The normalized spacial score (nSPS) is 13.2. The Morgan fingerprint density at radius 1 is 1.12 bits per heavy atom. The highest BCUT2D eigenvalue weighted by molar-refractivity contribution is 6.74. The average Bonchev–Trinajstić information content (AvgIpc) is 2.82. The molecule has 1 rings (SSSR count). The van der Waals surface area contributed by atoms with Gasteiger partial charge in [-0.3, -0.25) is 19.7 Å². The Labute approximate surface area is 235 Å². The van der Waals surface area contributed by atoms with E-state index >= 15 is 0 Å². The highest BCUT2D eigenvalue weighted by Crippen LogP contribution is 2.37. The van der Waals surface area contributed by atoms with Gasteiger partial charge >= 0.3 is 12.1 Å². The number of urea groups is 1. The molecule has 2 unspecified atom stereocenters. The molecule has 0 saturated carbocycles. The Morgan fingerprint density at radius 3 is 2.25 bits per heavy atom. The maximum atomic E-state index is 13.2. The van der Waals surface area contributed by atoms with Gasteiger partial charge in [-0.25, -0.2) is 9.59 Å². The Morgan fingerprint density at radius 2 is 1.75 bits per heavy atom. The standard InChI is InChI=1S/C25H42N6O8Si/c1-15(2)20(30-24(35)36)22(33)29-18(9-8-12-27-23(26)34)21(32)28-17-11-10-16(19(13-17)31(37)38)14-39-40(6,7)25(3,4)5/h10-11,13,15,18,20,30H,8-9,12,14H2,1-7H3,(H,28,32)(H,29,33)(H,35,36)(H3,26,27,34). The fourth-order valence-electron chi connectivity index (χ4n) is 3.35. The van der Waals surface area contributed by atoms with Crippen LogP contribution in [0.1, 0.15) is 53.0 Å². The van der Waals surface area contributed by atoms with Crippen molar-refractivity contribution in [2.24, 2.45) is 11.7 Å². The fourth-order valence-corrected chi connectivity index (χ4v) is 4.30. The predicted molar refractivity (Wildman–Crippen MR) is 152 cm³/mol. The van der Waals surface area contributed by atoms with Gasteiger partial charge < -0.3 is 36.5 Å². The molecule has 2 atom stereocenters. The van der Waals surface area contributed by atoms with Crippen LogP contribution in [0.3, 0.4) is 0 Å². The van der Waals surface area contributed by atoms with E-state index in [4.69, 9.17) is 15.3 Å². The number of benzene rings is 1. The summed E-state index contributed by atoms with van der Waals surface area (Å²) in [6.45, 7) is 13.7. The number of hydrogen-bond acceptors (Lipinski definition) is 7. The summed E-state index contributed by atoms with van der Waals surface area (Å²) >= 11 is 0. The highest BCUT2D eigenvalue weighted by atomic mass is 28.4. The monoisotopic (exact) mass is 582 g/mol. The summed E-state index contributed by atoms with van der Waals surface area (Å²) < 4.78 is 6.13. The van der Waals surface area contributed by atoms with E-state index in [2.05, 4.69) is 42.0 Å². The topological polar surface area (TPSA) is 215 Å². The molecular formula is C25H42N6O8Si. The second-order valence-electron chi connectivity index (χ2n) is 11.3. The number of rotatable bonds is 14. The lowest BCUT2D eigenvalue weighted by Crippen LogP contribution is -2.54. The predicted octanol–water partition coefficient (Wildman–Crippen LogP) is 3.28. The number of hydrogen-bond donors (Lipinski definition) is 6. The summed E-state index contributed by atoms with van der Waals surface area (Å²) in [7, 11) is -2.18. The number of nitrogens with zero attached hydrogens (tertiary/aromatic N) is 1. The SMILES string of the molecule is CC(C)C(NC(=O)O)C(=O)NC(CCCNC(N)=O)C(=O)Nc1ccc(CO[Si](C)(C)C(C)(C)C)c([N+](=O)[O-])c1. The summed E-state index contributed by atoms with van der Waals surface area (Å²) in [6, 6.07) is 1.22. The first-order valence-electron chi connectivity index (χ1n) is 12.9. The minimum absolute atomic E-state index is 0.0414. The van der Waals surface area contributed by atoms with Gasteiger partial charge in [-0.1, -0.05) is 34.6 Å². The van der Waals surface area contributed by atoms with Crippen LogP contribution in [0.25, 0.3) is 0 Å². The van der Waals surface area contributed by atoms with Gasteiger partial charge in [-0.05, 0) is 49.0 Å². The van der Waals surface area contributed by atoms with Crippen molar-refractivity contribution >= 4 is 43.6 Å². The number of primary amides is 1. The van der Waals surface area contributed by atoms with Crippen molar-refractivity contribution in [2.75, 3.05) is 11.9 Å². The number of nitrogens with two attached hydrogens (primary N) is 1. The van der Waals surface area contributed by atoms with Crippen LogP contribution in [0.2, 0.25) is 18.1 Å². The molecule has 0 heterocycles. The van der Waals surface area contributed by atoms with Crippen LogP contribution >= 0.6 is 0 Å². The fraction of sp³-hybridized carbons (Fsp3) is 0.600. The summed E-state index contributed by atoms with van der Waals surface area (Å²) in [6.07, 6.45) is -1.08. The second kappa shape index (κ2) is 14.6. The van der Waals surface area contributed by atoms with Gasteiger partial charge in [0.05, 0.1) is 17.1 Å². The second-order valence-corrected chi connectivity index (χ2v) is 16.1. The zero-order valence-corrected chi connectivity index (χ0v) is 25.1. The highest BCUT2D eigenvalue weighted by Gasteiger charge is 2.37. The van der Waals surface area contributed by atoms with E-state index in [-0.39, 0.29) is 42.4 Å². The molecule has 0 aliphatic heterocycles. The largest absolute Gasteiger partial charge is 0.465 e. The molecule has 1 aromatic carbocycles. The number of nitrogens with one attached hydrogen (secondary N) is 4. The van der Waals surface area contributed by atoms with Crippen molar-refractivity contribution in [1.29, 1.82) is 0 Å². The molecule has 0 aliphatic carbocycles. The van der Waals surface area contributed by atoms with Gasteiger partial charge in [0, 0.05) is 18.3 Å². The maximum absolute atomic E-state index is 13.2. The number of nitro benzene ring substituents is 1. The van der Waals surface area contributed by atoms with Crippen LogP contribution in [-0.2, 0) is 20.6 Å². The van der Waals surface area contributed by atoms with Crippen molar-refractivity contribution < 1.29 is 33.6 Å². The number of carboxylic acid groups (broad SMARTS) is 1. The van der Waals surface area contributed by atoms with Gasteiger partial charge in [0.25, 0.3) is 5.69 Å². The lowest BCUT2D eigenvalue weighted by atomic mass is 10.0. The smallest absolute Gasteiger partial charge is 0.405 e. The average molecular weight is 583 g/mol. The van der Waals surface area contributed by atoms with E-state index < -0.39 is 55.2 Å². The van der Waals surface area contributed by atoms with Crippen molar-refractivity contribution in [3.8, 4) is 0 Å². The minimum Gasteiger partial charge on any atom is -0.465 e. The van der Waals surface area contributed by atoms with Crippen molar-refractivity contribution in [2.45, 2.75) is 84.3 Å².